The molecule has 1 aliphatic heterocycles. The number of hydrogen-bond acceptors (Lipinski definition) is 2. The molecule has 30 heavy (non-hydrogen) atoms. The number of rotatable bonds is 3. The Morgan fingerprint density at radius 1 is 0.967 bits per heavy atom. The van der Waals surface area contributed by atoms with Crippen LogP contribution >= 0.6 is 24.0 Å². The van der Waals surface area contributed by atoms with E-state index in [9.17, 15) is 0 Å². The Hall–Kier alpha value is -2.49. The normalized spacial score (nSPS) is 13.2. The van der Waals surface area contributed by atoms with Crippen LogP contribution in [-0.2, 0) is 19.5 Å². The fourth-order valence-corrected chi connectivity index (χ4v) is 4.58. The van der Waals surface area contributed by atoms with Gasteiger partial charge in [-0.25, -0.2) is 0 Å². The van der Waals surface area contributed by atoms with Crippen LogP contribution < -0.4 is 4.90 Å². The second-order valence-corrected chi connectivity index (χ2v) is 8.33. The van der Waals surface area contributed by atoms with Gasteiger partial charge in [0.25, 0.3) is 0 Å². The molecule has 0 aliphatic carbocycles. The zero-order valence-corrected chi connectivity index (χ0v) is 18.8. The first-order chi connectivity index (χ1) is 14.1. The Bertz CT molecular complexity index is 1200. The summed E-state index contributed by atoms with van der Waals surface area (Å²) < 4.78 is 2.41. The van der Waals surface area contributed by atoms with E-state index in [1.165, 1.54) is 39.2 Å². The van der Waals surface area contributed by atoms with Gasteiger partial charge in [-0.1, -0.05) is 48.0 Å². The van der Waals surface area contributed by atoms with Gasteiger partial charge in [0.05, 0.1) is 16.7 Å². The van der Waals surface area contributed by atoms with Crippen molar-refractivity contribution in [3.63, 3.8) is 0 Å². The van der Waals surface area contributed by atoms with Crippen molar-refractivity contribution < 1.29 is 0 Å². The van der Waals surface area contributed by atoms with E-state index in [-0.39, 0.29) is 12.4 Å². The Kier molecular flexibility index (Phi) is 5.77. The molecule has 0 radical (unpaired) electrons. The van der Waals surface area contributed by atoms with E-state index in [4.69, 9.17) is 16.6 Å². The Labute approximate surface area is 188 Å². The van der Waals surface area contributed by atoms with E-state index in [0.29, 0.717) is 0 Å². The van der Waals surface area contributed by atoms with Crippen LogP contribution in [0.3, 0.4) is 0 Å². The summed E-state index contributed by atoms with van der Waals surface area (Å²) >= 11 is 6.09. The van der Waals surface area contributed by atoms with Gasteiger partial charge in [0.2, 0.25) is 0 Å². The Balaban J connectivity index is 0.00000218. The number of anilines is 1. The lowest BCUT2D eigenvalue weighted by Crippen LogP contribution is -2.30. The van der Waals surface area contributed by atoms with Crippen LogP contribution in [0.25, 0.3) is 11.0 Å². The molecule has 0 spiro atoms. The van der Waals surface area contributed by atoms with Gasteiger partial charge in [-0.2, -0.15) is 0 Å². The molecule has 3 nitrogen and oxygen atoms in total. The smallest absolute Gasteiger partial charge is 0.0934 e. The number of aromatic nitrogens is 2. The van der Waals surface area contributed by atoms with E-state index in [1.807, 2.05) is 18.3 Å². The summed E-state index contributed by atoms with van der Waals surface area (Å²) in [4.78, 5) is 7.25. The highest BCUT2D eigenvalue weighted by Crippen LogP contribution is 2.34. The summed E-state index contributed by atoms with van der Waals surface area (Å²) in [6.45, 7) is 7.16. The molecule has 2 aromatic carbocycles. The molecule has 0 saturated heterocycles. The van der Waals surface area contributed by atoms with Crippen LogP contribution in [0.5, 0.6) is 0 Å². The number of halogens is 2. The lowest BCUT2D eigenvalue weighted by atomic mass is 9.99. The van der Waals surface area contributed by atoms with Crippen molar-refractivity contribution in [3.05, 3.63) is 93.8 Å². The third-order valence-electron chi connectivity index (χ3n) is 6.20. The van der Waals surface area contributed by atoms with Crippen LogP contribution in [-0.4, -0.2) is 16.1 Å². The van der Waals surface area contributed by atoms with Crippen molar-refractivity contribution in [2.45, 2.75) is 33.4 Å². The van der Waals surface area contributed by atoms with Crippen molar-refractivity contribution in [1.82, 2.24) is 9.55 Å². The fourth-order valence-electron chi connectivity index (χ4n) is 4.45. The van der Waals surface area contributed by atoms with Gasteiger partial charge < -0.3 is 9.47 Å². The first-order valence-corrected chi connectivity index (χ1v) is 10.5. The quantitative estimate of drug-likeness (QED) is 0.372. The molecule has 0 unspecified atom stereocenters. The topological polar surface area (TPSA) is 21.1 Å². The first-order valence-electron chi connectivity index (χ1n) is 10.1. The number of hydrogen-bond donors (Lipinski definition) is 0. The van der Waals surface area contributed by atoms with Gasteiger partial charge in [0.1, 0.15) is 0 Å². The van der Waals surface area contributed by atoms with Gasteiger partial charge in [-0.05, 0) is 60.7 Å². The molecule has 5 rings (SSSR count). The van der Waals surface area contributed by atoms with Crippen molar-refractivity contribution in [2.75, 3.05) is 11.4 Å². The molecule has 5 heteroatoms. The van der Waals surface area contributed by atoms with E-state index in [0.717, 1.165) is 36.6 Å². The molecular weight excluding hydrogens is 413 g/mol. The van der Waals surface area contributed by atoms with Gasteiger partial charge in [0, 0.05) is 36.5 Å². The average Bonchev–Trinajstić information content (AvgIpc) is 3.00. The number of pyridine rings is 1. The summed E-state index contributed by atoms with van der Waals surface area (Å²) in [7, 11) is 0. The fraction of sp³-hybridized carbons (Fsp3) is 0.240. The van der Waals surface area contributed by atoms with E-state index >= 15 is 0 Å². The molecule has 2 aromatic heterocycles. The molecule has 0 bridgehead atoms. The number of fused-ring (bicyclic) bond motifs is 2. The minimum atomic E-state index is 0. The standard InChI is InChI=1S/C25H24ClN3.ClH/c1-17-18(2)29(15-19-7-9-22(26)10-8-19)25-23(11-13-27-24(17)25)28-14-12-20-5-3-4-6-21(20)16-28;/h3-11,13H,12,14-16H2,1-2H3;1H. The van der Waals surface area contributed by atoms with Gasteiger partial charge in [-0.15, -0.1) is 12.4 Å². The van der Waals surface area contributed by atoms with Crippen LogP contribution in [0.1, 0.15) is 27.9 Å². The van der Waals surface area contributed by atoms with Crippen LogP contribution in [0.15, 0.2) is 60.8 Å². The lowest BCUT2D eigenvalue weighted by Gasteiger charge is -2.31. The SMILES string of the molecule is Cc1c(C)n(Cc2ccc(Cl)cc2)c2c(N3CCc4ccccc4C3)ccnc12.Cl. The first kappa shape index (κ1) is 20.8. The monoisotopic (exact) mass is 437 g/mol. The maximum atomic E-state index is 6.09. The number of nitrogens with zero attached hydrogens (tertiary/aromatic N) is 3. The van der Waals surface area contributed by atoms with Gasteiger partial charge >= 0.3 is 0 Å². The van der Waals surface area contributed by atoms with E-state index in [1.54, 1.807) is 0 Å². The second kappa shape index (κ2) is 8.33. The molecule has 0 saturated carbocycles. The van der Waals surface area contributed by atoms with E-state index in [2.05, 4.69) is 65.8 Å². The number of aryl methyl sites for hydroxylation is 1. The second-order valence-electron chi connectivity index (χ2n) is 7.89. The molecule has 3 heterocycles. The molecule has 4 aromatic rings. The maximum absolute atomic E-state index is 6.09. The lowest BCUT2D eigenvalue weighted by molar-refractivity contribution is 0.727. The predicted octanol–water partition coefficient (Wildman–Crippen LogP) is 6.34. The zero-order chi connectivity index (χ0) is 20.0. The summed E-state index contributed by atoms with van der Waals surface area (Å²) in [5.41, 5.74) is 10.3. The summed E-state index contributed by atoms with van der Waals surface area (Å²) in [6.07, 6.45) is 3.03. The minimum Gasteiger partial charge on any atom is -0.365 e. The van der Waals surface area contributed by atoms with Crippen LogP contribution in [0.2, 0.25) is 5.02 Å². The largest absolute Gasteiger partial charge is 0.365 e. The summed E-state index contributed by atoms with van der Waals surface area (Å²) in [5, 5.41) is 0.772. The summed E-state index contributed by atoms with van der Waals surface area (Å²) in [6, 6.07) is 19.1. The average molecular weight is 438 g/mol. The Morgan fingerprint density at radius 2 is 1.70 bits per heavy atom. The molecule has 0 amide bonds. The molecule has 0 atom stereocenters. The molecule has 154 valence electrons. The predicted molar refractivity (Wildman–Crippen MR) is 128 cm³/mol. The van der Waals surface area contributed by atoms with Gasteiger partial charge in [-0.3, -0.25) is 4.98 Å². The third kappa shape index (κ3) is 3.57. The van der Waals surface area contributed by atoms with Crippen LogP contribution in [0.4, 0.5) is 5.69 Å². The van der Waals surface area contributed by atoms with Crippen molar-refractivity contribution in [2.24, 2.45) is 0 Å². The van der Waals surface area contributed by atoms with Crippen molar-refractivity contribution in [1.29, 1.82) is 0 Å². The summed E-state index contributed by atoms with van der Waals surface area (Å²) in [5.74, 6) is 0. The highest BCUT2D eigenvalue weighted by Gasteiger charge is 2.22. The molecule has 0 N–H and O–H groups in total. The highest BCUT2D eigenvalue weighted by atomic mass is 35.5. The highest BCUT2D eigenvalue weighted by molar-refractivity contribution is 6.30. The molecule has 0 fully saturated rings. The maximum Gasteiger partial charge on any atom is 0.0934 e. The third-order valence-corrected chi connectivity index (χ3v) is 6.45. The molecule has 1 aliphatic rings. The minimum absolute atomic E-state index is 0. The molecular formula is C25H25Cl2N3. The zero-order valence-electron chi connectivity index (χ0n) is 17.2. The number of benzene rings is 2. The van der Waals surface area contributed by atoms with E-state index < -0.39 is 0 Å². The van der Waals surface area contributed by atoms with Gasteiger partial charge in [0.15, 0.2) is 0 Å². The van der Waals surface area contributed by atoms with Crippen LogP contribution in [0, 0.1) is 13.8 Å². The van der Waals surface area contributed by atoms with Crippen molar-refractivity contribution >= 4 is 40.7 Å². The van der Waals surface area contributed by atoms with Crippen molar-refractivity contribution in [3.8, 4) is 0 Å². The Morgan fingerprint density at radius 3 is 2.47 bits per heavy atom.